The third-order valence-electron chi connectivity index (χ3n) is 2.99. The number of hydrogen-bond acceptors (Lipinski definition) is 2. The van der Waals surface area contributed by atoms with Crippen molar-refractivity contribution < 1.29 is 0 Å². The van der Waals surface area contributed by atoms with Crippen LogP contribution in [-0.4, -0.2) is 9.55 Å². The fourth-order valence-electron chi connectivity index (χ4n) is 2.18. The lowest BCUT2D eigenvalue weighted by molar-refractivity contribution is 0.566. The highest BCUT2D eigenvalue weighted by Gasteiger charge is 2.24. The van der Waals surface area contributed by atoms with Gasteiger partial charge in [0, 0.05) is 17.4 Å². The van der Waals surface area contributed by atoms with Crippen molar-refractivity contribution in [1.82, 2.24) is 9.55 Å². The molecule has 1 heterocycles. The normalized spacial score (nSPS) is 12.8. The Morgan fingerprint density at radius 1 is 1.25 bits per heavy atom. The molecule has 2 rings (SSSR count). The summed E-state index contributed by atoms with van der Waals surface area (Å²) in [6.45, 7) is 6.27. The van der Waals surface area contributed by atoms with Gasteiger partial charge in [-0.1, -0.05) is 44.5 Å². The van der Waals surface area contributed by atoms with Gasteiger partial charge in [0.1, 0.15) is 11.8 Å². The zero-order valence-corrected chi connectivity index (χ0v) is 12.5. The molecule has 0 atom stereocenters. The Kier molecular flexibility index (Phi) is 3.96. The molecular formula is C16H16ClN3. The second-order valence-electron chi connectivity index (χ2n) is 5.56. The fourth-order valence-corrected chi connectivity index (χ4v) is 2.30. The Labute approximate surface area is 124 Å². The van der Waals surface area contributed by atoms with Crippen molar-refractivity contribution in [2.45, 2.75) is 20.8 Å². The number of benzene rings is 1. The zero-order valence-electron chi connectivity index (χ0n) is 11.8. The minimum Gasteiger partial charge on any atom is -0.297 e. The van der Waals surface area contributed by atoms with Gasteiger partial charge in [0.15, 0.2) is 0 Å². The molecule has 0 amide bonds. The molecule has 0 saturated carbocycles. The van der Waals surface area contributed by atoms with Crippen molar-refractivity contribution in [3.8, 4) is 6.07 Å². The number of allylic oxidation sites excluding steroid dienone is 2. The number of aromatic nitrogens is 2. The summed E-state index contributed by atoms with van der Waals surface area (Å²) in [6, 6.07) is 9.85. The van der Waals surface area contributed by atoms with Crippen molar-refractivity contribution in [1.29, 1.82) is 5.26 Å². The molecule has 0 aliphatic carbocycles. The maximum Gasteiger partial charge on any atom is 0.129 e. The van der Waals surface area contributed by atoms with Crippen LogP contribution in [0, 0.1) is 16.7 Å². The third kappa shape index (κ3) is 2.92. The minimum atomic E-state index is -0.177. The van der Waals surface area contributed by atoms with Gasteiger partial charge in [0.2, 0.25) is 0 Å². The van der Waals surface area contributed by atoms with E-state index in [4.69, 9.17) is 11.6 Å². The van der Waals surface area contributed by atoms with E-state index in [0.717, 1.165) is 11.1 Å². The van der Waals surface area contributed by atoms with E-state index in [1.165, 1.54) is 0 Å². The van der Waals surface area contributed by atoms with E-state index in [9.17, 15) is 5.26 Å². The third-order valence-corrected chi connectivity index (χ3v) is 3.24. The number of halogens is 1. The Morgan fingerprint density at radius 2 is 1.90 bits per heavy atom. The van der Waals surface area contributed by atoms with Crippen LogP contribution < -0.4 is 0 Å². The lowest BCUT2D eigenvalue weighted by Gasteiger charge is -2.25. The highest BCUT2D eigenvalue weighted by atomic mass is 35.5. The predicted octanol–water partition coefficient (Wildman–Crippen LogP) is 4.47. The molecule has 0 radical (unpaired) electrons. The summed E-state index contributed by atoms with van der Waals surface area (Å²) in [5, 5.41) is 10.2. The quantitative estimate of drug-likeness (QED) is 0.764. The molecule has 0 bridgehead atoms. The van der Waals surface area contributed by atoms with Gasteiger partial charge >= 0.3 is 0 Å². The summed E-state index contributed by atoms with van der Waals surface area (Å²) in [5.41, 5.74) is 2.36. The van der Waals surface area contributed by atoms with Gasteiger partial charge in [0.05, 0.1) is 6.33 Å². The summed E-state index contributed by atoms with van der Waals surface area (Å²) in [4.78, 5) is 4.02. The van der Waals surface area contributed by atoms with Crippen molar-refractivity contribution in [3.05, 3.63) is 53.6 Å². The first-order chi connectivity index (χ1) is 9.43. The molecule has 0 spiro atoms. The van der Waals surface area contributed by atoms with Crippen LogP contribution in [0.3, 0.4) is 0 Å². The minimum absolute atomic E-state index is 0.177. The molecule has 0 aliphatic rings. The number of nitriles is 1. The molecule has 0 saturated heterocycles. The molecular weight excluding hydrogens is 270 g/mol. The van der Waals surface area contributed by atoms with Crippen LogP contribution in [0.15, 0.2) is 43.0 Å². The van der Waals surface area contributed by atoms with Crippen LogP contribution in [0.25, 0.3) is 11.3 Å². The average molecular weight is 286 g/mol. The Hall–Kier alpha value is -2.05. The van der Waals surface area contributed by atoms with E-state index >= 15 is 0 Å². The molecule has 2 aromatic rings. The molecule has 0 unspecified atom stereocenters. The highest BCUT2D eigenvalue weighted by molar-refractivity contribution is 6.30. The molecule has 1 aromatic heterocycles. The summed E-state index contributed by atoms with van der Waals surface area (Å²) in [5.74, 6) is 0. The molecule has 3 nitrogen and oxygen atoms in total. The van der Waals surface area contributed by atoms with Crippen LogP contribution in [0.2, 0.25) is 5.02 Å². The first kappa shape index (κ1) is 14.4. The first-order valence-corrected chi connectivity index (χ1v) is 6.70. The zero-order chi connectivity index (χ0) is 14.8. The smallest absolute Gasteiger partial charge is 0.129 e. The van der Waals surface area contributed by atoms with Gasteiger partial charge in [0.25, 0.3) is 0 Å². The Morgan fingerprint density at radius 3 is 2.35 bits per heavy atom. The SMILES string of the molecule is CC(C)(C)C(=C(C#N)n1ccnc1)c1ccc(Cl)cc1. The highest BCUT2D eigenvalue weighted by Crippen LogP contribution is 2.38. The van der Waals surface area contributed by atoms with Gasteiger partial charge in [-0.2, -0.15) is 5.26 Å². The standard InChI is InChI=1S/C16H16ClN3/c1-16(2,3)15(12-4-6-13(17)7-5-12)14(10-18)20-9-8-19-11-20/h4-9,11H,1-3H3. The first-order valence-electron chi connectivity index (χ1n) is 6.32. The van der Waals surface area contributed by atoms with Crippen LogP contribution in [-0.2, 0) is 0 Å². The number of rotatable bonds is 2. The topological polar surface area (TPSA) is 41.6 Å². The van der Waals surface area contributed by atoms with Crippen LogP contribution in [0.5, 0.6) is 0 Å². The van der Waals surface area contributed by atoms with E-state index in [2.05, 4.69) is 31.8 Å². The molecule has 0 N–H and O–H groups in total. The van der Waals surface area contributed by atoms with Gasteiger partial charge in [-0.25, -0.2) is 4.98 Å². The van der Waals surface area contributed by atoms with E-state index in [0.29, 0.717) is 10.7 Å². The van der Waals surface area contributed by atoms with Gasteiger partial charge in [-0.15, -0.1) is 0 Å². The Balaban J connectivity index is 2.70. The molecule has 0 aliphatic heterocycles. The number of imidazole rings is 1. The molecule has 4 heteroatoms. The summed E-state index contributed by atoms with van der Waals surface area (Å²) >= 11 is 5.95. The second-order valence-corrected chi connectivity index (χ2v) is 6.00. The van der Waals surface area contributed by atoms with Gasteiger partial charge < -0.3 is 0 Å². The number of hydrogen-bond donors (Lipinski definition) is 0. The Bertz CT molecular complexity index is 653. The lowest BCUT2D eigenvalue weighted by atomic mass is 9.81. The summed E-state index contributed by atoms with van der Waals surface area (Å²) < 4.78 is 1.75. The monoisotopic (exact) mass is 285 g/mol. The molecule has 1 aromatic carbocycles. The largest absolute Gasteiger partial charge is 0.297 e. The van der Waals surface area contributed by atoms with Crippen molar-refractivity contribution in [2.24, 2.45) is 5.41 Å². The predicted molar refractivity (Wildman–Crippen MR) is 81.9 cm³/mol. The molecule has 20 heavy (non-hydrogen) atoms. The van der Waals surface area contributed by atoms with Crippen LogP contribution >= 0.6 is 11.6 Å². The summed E-state index contributed by atoms with van der Waals surface area (Å²) in [6.07, 6.45) is 5.08. The van der Waals surface area contributed by atoms with Gasteiger partial charge in [-0.3, -0.25) is 4.57 Å². The molecule has 102 valence electrons. The maximum atomic E-state index is 9.56. The van der Waals surface area contributed by atoms with Crippen molar-refractivity contribution in [3.63, 3.8) is 0 Å². The van der Waals surface area contributed by atoms with Crippen LogP contribution in [0.4, 0.5) is 0 Å². The van der Waals surface area contributed by atoms with E-state index in [-0.39, 0.29) is 5.41 Å². The lowest BCUT2D eigenvalue weighted by Crippen LogP contribution is -2.12. The van der Waals surface area contributed by atoms with Gasteiger partial charge in [-0.05, 0) is 28.7 Å². The second kappa shape index (κ2) is 5.52. The number of nitrogens with zero attached hydrogens (tertiary/aromatic N) is 3. The fraction of sp³-hybridized carbons (Fsp3) is 0.250. The summed E-state index contributed by atoms with van der Waals surface area (Å²) in [7, 11) is 0. The molecule has 0 fully saturated rings. The average Bonchev–Trinajstić information content (AvgIpc) is 2.89. The van der Waals surface area contributed by atoms with E-state index in [1.807, 2.05) is 24.3 Å². The van der Waals surface area contributed by atoms with Crippen LogP contribution in [0.1, 0.15) is 26.3 Å². The maximum absolute atomic E-state index is 9.56. The van der Waals surface area contributed by atoms with E-state index < -0.39 is 0 Å². The van der Waals surface area contributed by atoms with Crippen molar-refractivity contribution in [2.75, 3.05) is 0 Å². The van der Waals surface area contributed by atoms with E-state index in [1.54, 1.807) is 23.3 Å². The van der Waals surface area contributed by atoms with Crippen molar-refractivity contribution >= 4 is 22.9 Å².